The van der Waals surface area contributed by atoms with Gasteiger partial charge in [-0.1, -0.05) is 13.8 Å². The summed E-state index contributed by atoms with van der Waals surface area (Å²) in [6, 6.07) is 4.30. The van der Waals surface area contributed by atoms with Crippen LogP contribution in [-0.2, 0) is 6.42 Å². The number of hydrogen-bond donors (Lipinski definition) is 1. The van der Waals surface area contributed by atoms with Crippen molar-refractivity contribution in [2.45, 2.75) is 46.1 Å². The minimum Gasteiger partial charge on any atom is -0.493 e. The molecule has 19 heavy (non-hydrogen) atoms. The molecular weight excluding hydrogens is 262 g/mol. The first-order chi connectivity index (χ1) is 8.62. The van der Waals surface area contributed by atoms with Crippen molar-refractivity contribution in [1.29, 1.82) is 0 Å². The molecule has 0 heterocycles. The summed E-state index contributed by atoms with van der Waals surface area (Å²) in [5.74, 6) is 1.62. The second-order valence-electron chi connectivity index (χ2n) is 4.65. The van der Waals surface area contributed by atoms with E-state index in [4.69, 9.17) is 15.2 Å². The molecule has 0 amide bonds. The van der Waals surface area contributed by atoms with E-state index in [1.165, 1.54) is 11.1 Å². The zero-order valence-corrected chi connectivity index (χ0v) is 13.2. The van der Waals surface area contributed by atoms with Gasteiger partial charge in [0.2, 0.25) is 0 Å². The van der Waals surface area contributed by atoms with Crippen LogP contribution in [-0.4, -0.2) is 19.8 Å². The quantitative estimate of drug-likeness (QED) is 0.835. The molecule has 0 saturated carbocycles. The molecule has 0 aliphatic rings. The van der Waals surface area contributed by atoms with Crippen molar-refractivity contribution in [3.8, 4) is 11.5 Å². The molecule has 1 unspecified atom stereocenters. The Kier molecular flexibility index (Phi) is 8.61. The number of methoxy groups -OCH3 is 1. The van der Waals surface area contributed by atoms with Gasteiger partial charge in [-0.15, -0.1) is 12.4 Å². The number of rotatable bonds is 7. The molecule has 2 N–H and O–H groups in total. The van der Waals surface area contributed by atoms with Crippen LogP contribution in [0.3, 0.4) is 0 Å². The van der Waals surface area contributed by atoms with Gasteiger partial charge in [0.1, 0.15) is 0 Å². The van der Waals surface area contributed by atoms with E-state index in [2.05, 4.69) is 26.8 Å². The van der Waals surface area contributed by atoms with E-state index in [0.29, 0.717) is 6.61 Å². The number of nitrogens with two attached hydrogens (primary N) is 1. The maximum Gasteiger partial charge on any atom is 0.161 e. The summed E-state index contributed by atoms with van der Waals surface area (Å²) >= 11 is 0. The Hall–Kier alpha value is -0.930. The van der Waals surface area contributed by atoms with Gasteiger partial charge >= 0.3 is 0 Å². The first-order valence-corrected chi connectivity index (χ1v) is 6.68. The van der Waals surface area contributed by atoms with Crippen LogP contribution in [0.2, 0.25) is 0 Å². The maximum atomic E-state index is 6.02. The minimum absolute atomic E-state index is 0. The molecule has 0 saturated heterocycles. The van der Waals surface area contributed by atoms with Crippen LogP contribution >= 0.6 is 12.4 Å². The molecule has 0 radical (unpaired) electrons. The molecule has 0 fully saturated rings. The summed E-state index contributed by atoms with van der Waals surface area (Å²) < 4.78 is 11.1. The number of benzene rings is 1. The fraction of sp³-hybridized carbons (Fsp3) is 0.600. The lowest BCUT2D eigenvalue weighted by Crippen LogP contribution is -2.21. The molecular formula is C15H26ClNO2. The number of halogens is 1. The largest absolute Gasteiger partial charge is 0.493 e. The van der Waals surface area contributed by atoms with Gasteiger partial charge in [0.25, 0.3) is 0 Å². The highest BCUT2D eigenvalue weighted by atomic mass is 35.5. The zero-order chi connectivity index (χ0) is 13.5. The van der Waals surface area contributed by atoms with Crippen LogP contribution in [0.25, 0.3) is 0 Å². The summed E-state index contributed by atoms with van der Waals surface area (Å²) in [5.41, 5.74) is 8.48. The number of hydrogen-bond acceptors (Lipinski definition) is 3. The molecule has 0 aromatic heterocycles. The van der Waals surface area contributed by atoms with E-state index in [0.717, 1.165) is 30.8 Å². The topological polar surface area (TPSA) is 44.5 Å². The van der Waals surface area contributed by atoms with Gasteiger partial charge in [0, 0.05) is 6.04 Å². The monoisotopic (exact) mass is 287 g/mol. The number of ether oxygens (including phenoxy) is 2. The first kappa shape index (κ1) is 18.1. The fourth-order valence-electron chi connectivity index (χ4n) is 1.83. The van der Waals surface area contributed by atoms with Crippen LogP contribution in [0, 0.1) is 6.92 Å². The Labute approximate surface area is 122 Å². The van der Waals surface area contributed by atoms with Crippen LogP contribution in [0.1, 0.15) is 37.8 Å². The van der Waals surface area contributed by atoms with Crippen molar-refractivity contribution in [3.05, 3.63) is 23.3 Å². The predicted molar refractivity (Wildman–Crippen MR) is 82.7 cm³/mol. The fourth-order valence-corrected chi connectivity index (χ4v) is 1.83. The SMILES string of the molecule is CCCOc1cc(CC(N)CC)c(C)cc1OC.Cl. The van der Waals surface area contributed by atoms with Gasteiger partial charge in [0.05, 0.1) is 13.7 Å². The molecule has 0 aliphatic carbocycles. The first-order valence-electron chi connectivity index (χ1n) is 6.68. The third-order valence-electron chi connectivity index (χ3n) is 3.09. The normalized spacial score (nSPS) is 11.6. The van der Waals surface area contributed by atoms with Gasteiger partial charge in [-0.2, -0.15) is 0 Å². The Morgan fingerprint density at radius 1 is 1.21 bits per heavy atom. The van der Waals surface area contributed by atoms with E-state index in [1.807, 2.05) is 6.07 Å². The highest BCUT2D eigenvalue weighted by Gasteiger charge is 2.11. The van der Waals surface area contributed by atoms with Crippen molar-refractivity contribution < 1.29 is 9.47 Å². The van der Waals surface area contributed by atoms with Gasteiger partial charge in [-0.05, 0) is 49.4 Å². The van der Waals surface area contributed by atoms with Crippen LogP contribution < -0.4 is 15.2 Å². The Morgan fingerprint density at radius 2 is 1.89 bits per heavy atom. The second-order valence-corrected chi connectivity index (χ2v) is 4.65. The predicted octanol–water partition coefficient (Wildman–Crippen LogP) is 3.49. The molecule has 0 aliphatic heterocycles. The van der Waals surface area contributed by atoms with Crippen molar-refractivity contribution in [1.82, 2.24) is 0 Å². The third kappa shape index (κ3) is 5.29. The third-order valence-corrected chi connectivity index (χ3v) is 3.09. The molecule has 1 atom stereocenters. The average Bonchev–Trinajstić information content (AvgIpc) is 2.38. The lowest BCUT2D eigenvalue weighted by molar-refractivity contribution is 0.293. The molecule has 4 heteroatoms. The molecule has 0 bridgehead atoms. The van der Waals surface area contributed by atoms with Gasteiger partial charge < -0.3 is 15.2 Å². The Morgan fingerprint density at radius 3 is 2.42 bits per heavy atom. The standard InChI is InChI=1S/C15H25NO2.ClH/c1-5-7-18-15-10-12(9-13(16)6-2)11(3)8-14(15)17-4;/h8,10,13H,5-7,9,16H2,1-4H3;1H. The second kappa shape index (κ2) is 9.05. The van der Waals surface area contributed by atoms with Gasteiger partial charge in [-0.3, -0.25) is 0 Å². The van der Waals surface area contributed by atoms with Crippen molar-refractivity contribution in [2.75, 3.05) is 13.7 Å². The van der Waals surface area contributed by atoms with Crippen LogP contribution in [0.15, 0.2) is 12.1 Å². The van der Waals surface area contributed by atoms with E-state index >= 15 is 0 Å². The Bertz CT molecular complexity index is 383. The van der Waals surface area contributed by atoms with Crippen LogP contribution in [0.5, 0.6) is 11.5 Å². The molecule has 0 spiro atoms. The van der Waals surface area contributed by atoms with Crippen molar-refractivity contribution in [2.24, 2.45) is 5.73 Å². The lowest BCUT2D eigenvalue weighted by atomic mass is 9.99. The highest BCUT2D eigenvalue weighted by Crippen LogP contribution is 2.31. The summed E-state index contributed by atoms with van der Waals surface area (Å²) in [7, 11) is 1.67. The van der Waals surface area contributed by atoms with E-state index in [1.54, 1.807) is 7.11 Å². The van der Waals surface area contributed by atoms with E-state index in [9.17, 15) is 0 Å². The summed E-state index contributed by atoms with van der Waals surface area (Å²) in [4.78, 5) is 0. The van der Waals surface area contributed by atoms with Gasteiger partial charge in [-0.25, -0.2) is 0 Å². The molecule has 3 nitrogen and oxygen atoms in total. The van der Waals surface area contributed by atoms with Crippen molar-refractivity contribution in [3.63, 3.8) is 0 Å². The summed E-state index contributed by atoms with van der Waals surface area (Å²) in [6.45, 7) is 7.00. The zero-order valence-electron chi connectivity index (χ0n) is 12.4. The molecule has 1 rings (SSSR count). The minimum atomic E-state index is 0. The Balaban J connectivity index is 0.00000324. The highest BCUT2D eigenvalue weighted by molar-refractivity contribution is 5.85. The smallest absolute Gasteiger partial charge is 0.161 e. The average molecular weight is 288 g/mol. The van der Waals surface area contributed by atoms with E-state index < -0.39 is 0 Å². The van der Waals surface area contributed by atoms with Crippen molar-refractivity contribution >= 4 is 12.4 Å². The van der Waals surface area contributed by atoms with Gasteiger partial charge in [0.15, 0.2) is 11.5 Å². The van der Waals surface area contributed by atoms with E-state index in [-0.39, 0.29) is 18.4 Å². The summed E-state index contributed by atoms with van der Waals surface area (Å²) in [5, 5.41) is 0. The lowest BCUT2D eigenvalue weighted by Gasteiger charge is -2.16. The number of aryl methyl sites for hydroxylation is 1. The molecule has 1 aromatic rings. The van der Waals surface area contributed by atoms with Crippen LogP contribution in [0.4, 0.5) is 0 Å². The summed E-state index contributed by atoms with van der Waals surface area (Å²) in [6.07, 6.45) is 2.85. The maximum absolute atomic E-state index is 6.02. The molecule has 1 aromatic carbocycles. The molecule has 110 valence electrons.